The fourth-order valence-corrected chi connectivity index (χ4v) is 2.35. The lowest BCUT2D eigenvalue weighted by molar-refractivity contribution is -0.384. The number of ketones is 1. The van der Waals surface area contributed by atoms with Gasteiger partial charge in [-0.3, -0.25) is 14.9 Å². The van der Waals surface area contributed by atoms with Gasteiger partial charge >= 0.3 is 0 Å². The van der Waals surface area contributed by atoms with E-state index in [2.05, 4.69) is 0 Å². The standard InChI is InChI=1S/C15H8Cl3NO3/c16-12-6-5-11(14(17)15(12)18)13(20)7-4-9-2-1-3-10(8-9)19(21)22/h1-8H/b7-4+. The third-order valence-electron chi connectivity index (χ3n) is 2.81. The normalized spacial score (nSPS) is 10.9. The van der Waals surface area contributed by atoms with Gasteiger partial charge in [0.05, 0.1) is 20.0 Å². The number of rotatable bonds is 4. The lowest BCUT2D eigenvalue weighted by Gasteiger charge is -2.03. The van der Waals surface area contributed by atoms with Crippen LogP contribution in [0.2, 0.25) is 15.1 Å². The van der Waals surface area contributed by atoms with Crippen LogP contribution in [-0.4, -0.2) is 10.7 Å². The molecule has 0 aromatic heterocycles. The van der Waals surface area contributed by atoms with Crippen LogP contribution in [-0.2, 0) is 0 Å². The fraction of sp³-hybridized carbons (Fsp3) is 0. The molecule has 0 unspecified atom stereocenters. The molecule has 7 heteroatoms. The maximum atomic E-state index is 12.1. The summed E-state index contributed by atoms with van der Waals surface area (Å²) >= 11 is 17.7. The number of carbonyl (C=O) groups excluding carboxylic acids is 1. The molecule has 22 heavy (non-hydrogen) atoms. The number of non-ortho nitro benzene ring substituents is 1. The van der Waals surface area contributed by atoms with E-state index in [9.17, 15) is 14.9 Å². The Kier molecular flexibility index (Phi) is 5.19. The molecular formula is C15H8Cl3NO3. The van der Waals surface area contributed by atoms with E-state index in [1.54, 1.807) is 6.07 Å². The van der Waals surface area contributed by atoms with Crippen LogP contribution in [0.4, 0.5) is 5.69 Å². The first-order chi connectivity index (χ1) is 10.4. The van der Waals surface area contributed by atoms with Gasteiger partial charge < -0.3 is 0 Å². The molecule has 4 nitrogen and oxygen atoms in total. The molecule has 0 N–H and O–H groups in total. The summed E-state index contributed by atoms with van der Waals surface area (Å²) in [6.07, 6.45) is 2.73. The molecule has 2 rings (SSSR count). The number of benzene rings is 2. The van der Waals surface area contributed by atoms with Crippen LogP contribution >= 0.6 is 34.8 Å². The molecule has 2 aromatic rings. The second kappa shape index (κ2) is 6.92. The molecule has 0 aliphatic carbocycles. The smallest absolute Gasteiger partial charge is 0.270 e. The highest BCUT2D eigenvalue weighted by Crippen LogP contribution is 2.33. The lowest BCUT2D eigenvalue weighted by atomic mass is 10.1. The molecule has 0 atom stereocenters. The topological polar surface area (TPSA) is 60.2 Å². The third kappa shape index (κ3) is 3.65. The molecule has 0 spiro atoms. The summed E-state index contributed by atoms with van der Waals surface area (Å²) in [5.74, 6) is -0.380. The van der Waals surface area contributed by atoms with E-state index in [4.69, 9.17) is 34.8 Å². The first-order valence-electron chi connectivity index (χ1n) is 6.00. The molecule has 0 aliphatic heterocycles. The largest absolute Gasteiger partial charge is 0.289 e. The highest BCUT2D eigenvalue weighted by atomic mass is 35.5. The number of nitro benzene ring substituents is 1. The quantitative estimate of drug-likeness (QED) is 0.240. The molecule has 0 fully saturated rings. The zero-order valence-electron chi connectivity index (χ0n) is 10.9. The summed E-state index contributed by atoms with van der Waals surface area (Å²) < 4.78 is 0. The van der Waals surface area contributed by atoms with Gasteiger partial charge in [0.1, 0.15) is 0 Å². The summed E-state index contributed by atoms with van der Waals surface area (Å²) in [5.41, 5.74) is 0.679. The van der Waals surface area contributed by atoms with E-state index in [0.29, 0.717) is 5.56 Å². The number of halogens is 3. The number of hydrogen-bond donors (Lipinski definition) is 0. The Hall–Kier alpha value is -1.88. The molecule has 0 saturated carbocycles. The van der Waals surface area contributed by atoms with E-state index in [0.717, 1.165) is 0 Å². The Morgan fingerprint density at radius 2 is 1.82 bits per heavy atom. The van der Waals surface area contributed by atoms with E-state index in [1.165, 1.54) is 42.5 Å². The predicted octanol–water partition coefficient (Wildman–Crippen LogP) is 5.45. The van der Waals surface area contributed by atoms with Crippen LogP contribution < -0.4 is 0 Å². The molecule has 112 valence electrons. The maximum Gasteiger partial charge on any atom is 0.270 e. The van der Waals surface area contributed by atoms with Gasteiger partial charge in [0.2, 0.25) is 0 Å². The van der Waals surface area contributed by atoms with Crippen LogP contribution in [0.3, 0.4) is 0 Å². The Labute approximate surface area is 141 Å². The van der Waals surface area contributed by atoms with Crippen LogP contribution in [0.5, 0.6) is 0 Å². The predicted molar refractivity (Wildman–Crippen MR) is 87.9 cm³/mol. The van der Waals surface area contributed by atoms with Gasteiger partial charge in [-0.25, -0.2) is 0 Å². The Morgan fingerprint density at radius 3 is 2.50 bits per heavy atom. The van der Waals surface area contributed by atoms with Crippen molar-refractivity contribution in [2.45, 2.75) is 0 Å². The minimum Gasteiger partial charge on any atom is -0.289 e. The van der Waals surface area contributed by atoms with Crippen molar-refractivity contribution < 1.29 is 9.72 Å². The van der Waals surface area contributed by atoms with Gasteiger partial charge in [-0.2, -0.15) is 0 Å². The monoisotopic (exact) mass is 355 g/mol. The van der Waals surface area contributed by atoms with Crippen molar-refractivity contribution in [3.8, 4) is 0 Å². The van der Waals surface area contributed by atoms with Crippen LogP contribution in [0.1, 0.15) is 15.9 Å². The first kappa shape index (κ1) is 16.5. The highest BCUT2D eigenvalue weighted by molar-refractivity contribution is 6.49. The summed E-state index contributed by atoms with van der Waals surface area (Å²) in [6.45, 7) is 0. The van der Waals surface area contributed by atoms with E-state index in [-0.39, 0.29) is 32.1 Å². The third-order valence-corrected chi connectivity index (χ3v) is 4.10. The van der Waals surface area contributed by atoms with Gasteiger partial charge in [0.15, 0.2) is 5.78 Å². The van der Waals surface area contributed by atoms with Gasteiger partial charge in [-0.1, -0.05) is 53.0 Å². The summed E-state index contributed by atoms with van der Waals surface area (Å²) in [6, 6.07) is 8.86. The molecule has 0 saturated heterocycles. The molecule has 0 amide bonds. The molecule has 0 radical (unpaired) electrons. The van der Waals surface area contributed by atoms with E-state index in [1.807, 2.05) is 0 Å². The molecular weight excluding hydrogens is 349 g/mol. The second-order valence-corrected chi connectivity index (χ2v) is 5.44. The molecule has 2 aromatic carbocycles. The molecule has 0 heterocycles. The average molecular weight is 357 g/mol. The minimum atomic E-state index is -0.505. The van der Waals surface area contributed by atoms with Gasteiger partial charge in [0.25, 0.3) is 5.69 Å². The Morgan fingerprint density at radius 1 is 1.09 bits per heavy atom. The summed E-state index contributed by atoms with van der Waals surface area (Å²) in [7, 11) is 0. The minimum absolute atomic E-state index is 0.0535. The van der Waals surface area contributed by atoms with Crippen LogP contribution in [0.15, 0.2) is 42.5 Å². The average Bonchev–Trinajstić information content (AvgIpc) is 2.50. The summed E-state index contributed by atoms with van der Waals surface area (Å²) in [5, 5.41) is 11.1. The number of nitro groups is 1. The lowest BCUT2D eigenvalue weighted by Crippen LogP contribution is -1.96. The molecule has 0 aliphatic rings. The number of allylic oxidation sites excluding steroid dienone is 1. The number of nitrogens with zero attached hydrogens (tertiary/aromatic N) is 1. The van der Waals surface area contributed by atoms with Crippen LogP contribution in [0, 0.1) is 10.1 Å². The first-order valence-corrected chi connectivity index (χ1v) is 7.14. The zero-order chi connectivity index (χ0) is 16.3. The van der Waals surface area contributed by atoms with Crippen molar-refractivity contribution in [1.29, 1.82) is 0 Å². The second-order valence-electron chi connectivity index (χ2n) is 4.27. The van der Waals surface area contributed by atoms with Crippen molar-refractivity contribution >= 4 is 52.3 Å². The molecule has 0 bridgehead atoms. The van der Waals surface area contributed by atoms with Gasteiger partial charge in [0, 0.05) is 17.7 Å². The van der Waals surface area contributed by atoms with Crippen molar-refractivity contribution in [2.24, 2.45) is 0 Å². The highest BCUT2D eigenvalue weighted by Gasteiger charge is 2.13. The fourth-order valence-electron chi connectivity index (χ4n) is 1.72. The van der Waals surface area contributed by atoms with Gasteiger partial charge in [-0.05, 0) is 23.8 Å². The van der Waals surface area contributed by atoms with E-state index < -0.39 is 4.92 Å². The van der Waals surface area contributed by atoms with Crippen molar-refractivity contribution in [3.63, 3.8) is 0 Å². The summed E-state index contributed by atoms with van der Waals surface area (Å²) in [4.78, 5) is 22.3. The van der Waals surface area contributed by atoms with Crippen molar-refractivity contribution in [3.05, 3.63) is 78.8 Å². The number of carbonyl (C=O) groups is 1. The maximum absolute atomic E-state index is 12.1. The zero-order valence-corrected chi connectivity index (χ0v) is 13.2. The Bertz CT molecular complexity index is 788. The SMILES string of the molecule is O=C(/C=C/c1cccc([N+](=O)[O-])c1)c1ccc(Cl)c(Cl)c1Cl. The van der Waals surface area contributed by atoms with Crippen molar-refractivity contribution in [1.82, 2.24) is 0 Å². The van der Waals surface area contributed by atoms with Crippen molar-refractivity contribution in [2.75, 3.05) is 0 Å². The van der Waals surface area contributed by atoms with Crippen LogP contribution in [0.25, 0.3) is 6.08 Å². The number of hydrogen-bond acceptors (Lipinski definition) is 3. The van der Waals surface area contributed by atoms with Gasteiger partial charge in [-0.15, -0.1) is 0 Å². The van der Waals surface area contributed by atoms with E-state index >= 15 is 0 Å². The Balaban J connectivity index is 2.27.